The van der Waals surface area contributed by atoms with E-state index in [0.29, 0.717) is 0 Å². The fourth-order valence-electron chi connectivity index (χ4n) is 3.70. The summed E-state index contributed by atoms with van der Waals surface area (Å²) in [5, 5.41) is 0. The van der Waals surface area contributed by atoms with E-state index in [1.165, 1.54) is 0 Å². The number of fused-ring (bicyclic) bond motifs is 3. The smallest absolute Gasteiger partial charge is 0.178 e. The second-order valence-electron chi connectivity index (χ2n) is 6.07. The van der Waals surface area contributed by atoms with Crippen LogP contribution in [0.3, 0.4) is 0 Å². The van der Waals surface area contributed by atoms with E-state index in [1.54, 1.807) is 6.21 Å². The van der Waals surface area contributed by atoms with Gasteiger partial charge < -0.3 is 4.74 Å². The normalized spacial score (nSPS) is 28.3. The predicted molar refractivity (Wildman–Crippen MR) is 89.6 cm³/mol. The average Bonchev–Trinajstić information content (AvgIpc) is 3.02. The van der Waals surface area contributed by atoms with Crippen molar-refractivity contribution in [2.75, 3.05) is 6.67 Å². The Morgan fingerprint density at radius 3 is 2.87 bits per heavy atom. The Kier molecular flexibility index (Phi) is 2.46. The third-order valence-electron chi connectivity index (χ3n) is 4.83. The molecule has 0 fully saturated rings. The predicted octanol–water partition coefficient (Wildman–Crippen LogP) is 4.27. The summed E-state index contributed by atoms with van der Waals surface area (Å²) >= 11 is 0. The summed E-state index contributed by atoms with van der Waals surface area (Å²) in [6.45, 7) is -0.509. The topological polar surface area (TPSA) is 21.6 Å². The standard InChI is InChI=1S/C20H14FNO/c21-11-17-18-14(12-22-17)8-7-13-10-16-6-3-5-15-4-1-2-9-20(15,16)23-19(13)18/h1-10,12,17H,11H2. The van der Waals surface area contributed by atoms with Crippen LogP contribution < -0.4 is 4.74 Å². The Bertz CT molecular complexity index is 900. The molecule has 0 bridgehead atoms. The third-order valence-corrected chi connectivity index (χ3v) is 4.83. The van der Waals surface area contributed by atoms with E-state index in [0.717, 1.165) is 33.6 Å². The van der Waals surface area contributed by atoms with Crippen LogP contribution in [0.1, 0.15) is 22.7 Å². The molecule has 1 spiro atoms. The van der Waals surface area contributed by atoms with Gasteiger partial charge in [0.05, 0.1) is 0 Å². The molecule has 23 heavy (non-hydrogen) atoms. The van der Waals surface area contributed by atoms with E-state index in [-0.39, 0.29) is 0 Å². The van der Waals surface area contributed by atoms with Crippen molar-refractivity contribution in [3.05, 3.63) is 82.5 Å². The molecule has 2 nitrogen and oxygen atoms in total. The van der Waals surface area contributed by atoms with Gasteiger partial charge in [0, 0.05) is 34.1 Å². The second kappa shape index (κ2) is 4.42. The molecule has 112 valence electrons. The van der Waals surface area contributed by atoms with Gasteiger partial charge in [-0.05, 0) is 12.2 Å². The molecule has 2 unspecified atom stereocenters. The van der Waals surface area contributed by atoms with Crippen molar-refractivity contribution in [1.82, 2.24) is 0 Å². The summed E-state index contributed by atoms with van der Waals surface area (Å²) < 4.78 is 19.9. The zero-order chi connectivity index (χ0) is 15.4. The summed E-state index contributed by atoms with van der Waals surface area (Å²) in [6, 6.07) is 3.56. The largest absolute Gasteiger partial charge is 0.473 e. The SMILES string of the molecule is FCC1N=Cc2ccc3c(c21)OC12C=CC=CC1=CC=CC2=C3. The van der Waals surface area contributed by atoms with Gasteiger partial charge in [0.1, 0.15) is 18.5 Å². The first kappa shape index (κ1) is 12.8. The molecule has 5 rings (SSSR count). The average molecular weight is 303 g/mol. The van der Waals surface area contributed by atoms with Gasteiger partial charge in [0.25, 0.3) is 0 Å². The molecule has 2 aliphatic heterocycles. The van der Waals surface area contributed by atoms with E-state index >= 15 is 0 Å². The Hall–Kier alpha value is -2.68. The fourth-order valence-corrected chi connectivity index (χ4v) is 3.70. The molecule has 2 aliphatic carbocycles. The molecule has 0 N–H and O–H groups in total. The summed E-state index contributed by atoms with van der Waals surface area (Å²) in [5.41, 5.74) is 4.39. The zero-order valence-electron chi connectivity index (χ0n) is 12.4. The van der Waals surface area contributed by atoms with Gasteiger partial charge in [-0.15, -0.1) is 0 Å². The number of benzene rings is 1. The van der Waals surface area contributed by atoms with Gasteiger partial charge in [-0.3, -0.25) is 4.99 Å². The monoisotopic (exact) mass is 303 g/mol. The van der Waals surface area contributed by atoms with Crippen LogP contribution in [0.15, 0.2) is 70.8 Å². The number of aliphatic imine (C=N–C) groups is 1. The summed E-state index contributed by atoms with van der Waals surface area (Å²) in [6.07, 6.45) is 18.2. The van der Waals surface area contributed by atoms with Crippen molar-refractivity contribution in [2.45, 2.75) is 11.6 Å². The van der Waals surface area contributed by atoms with Crippen molar-refractivity contribution in [2.24, 2.45) is 4.99 Å². The van der Waals surface area contributed by atoms with Crippen molar-refractivity contribution >= 4 is 12.3 Å². The van der Waals surface area contributed by atoms with Crippen molar-refractivity contribution in [3.63, 3.8) is 0 Å². The third kappa shape index (κ3) is 1.59. The van der Waals surface area contributed by atoms with Gasteiger partial charge in [-0.25, -0.2) is 4.39 Å². The van der Waals surface area contributed by atoms with Gasteiger partial charge in [-0.2, -0.15) is 0 Å². The Morgan fingerprint density at radius 1 is 1.09 bits per heavy atom. The molecule has 0 amide bonds. The first-order chi connectivity index (χ1) is 11.3. The molecule has 0 radical (unpaired) electrons. The van der Waals surface area contributed by atoms with Crippen LogP contribution in [-0.2, 0) is 0 Å². The van der Waals surface area contributed by atoms with Gasteiger partial charge in [-0.1, -0.05) is 48.6 Å². The minimum Gasteiger partial charge on any atom is -0.473 e. The first-order valence-corrected chi connectivity index (χ1v) is 7.74. The number of halogens is 1. The molecule has 0 saturated heterocycles. The maximum Gasteiger partial charge on any atom is 0.178 e. The number of allylic oxidation sites excluding steroid dienone is 4. The minimum atomic E-state index is -0.602. The van der Waals surface area contributed by atoms with E-state index < -0.39 is 18.3 Å². The Balaban J connectivity index is 1.75. The Morgan fingerprint density at radius 2 is 1.96 bits per heavy atom. The van der Waals surface area contributed by atoms with Gasteiger partial charge in [0.15, 0.2) is 5.60 Å². The quantitative estimate of drug-likeness (QED) is 0.759. The molecule has 0 saturated carbocycles. The van der Waals surface area contributed by atoms with Crippen LogP contribution in [0.2, 0.25) is 0 Å². The van der Waals surface area contributed by atoms with E-state index in [2.05, 4.69) is 35.4 Å². The molecule has 0 aromatic heterocycles. The lowest BCUT2D eigenvalue weighted by Crippen LogP contribution is -2.41. The highest BCUT2D eigenvalue weighted by molar-refractivity contribution is 5.89. The second-order valence-corrected chi connectivity index (χ2v) is 6.07. The number of ether oxygens (including phenoxy) is 1. The van der Waals surface area contributed by atoms with Crippen LogP contribution in [0.5, 0.6) is 5.75 Å². The van der Waals surface area contributed by atoms with Crippen LogP contribution in [0.25, 0.3) is 6.08 Å². The van der Waals surface area contributed by atoms with E-state index in [1.807, 2.05) is 30.4 Å². The van der Waals surface area contributed by atoms with Crippen LogP contribution in [0, 0.1) is 0 Å². The lowest BCUT2D eigenvalue weighted by Gasteiger charge is -2.41. The molecule has 1 aromatic carbocycles. The zero-order valence-corrected chi connectivity index (χ0v) is 12.4. The minimum absolute atomic E-state index is 0.457. The molecule has 3 heteroatoms. The highest BCUT2D eigenvalue weighted by atomic mass is 19.1. The van der Waals surface area contributed by atoms with E-state index in [9.17, 15) is 4.39 Å². The maximum absolute atomic E-state index is 13.4. The van der Waals surface area contributed by atoms with Crippen molar-refractivity contribution < 1.29 is 9.13 Å². The van der Waals surface area contributed by atoms with Crippen molar-refractivity contribution in [1.29, 1.82) is 0 Å². The van der Waals surface area contributed by atoms with E-state index in [4.69, 9.17) is 4.74 Å². The van der Waals surface area contributed by atoms with Gasteiger partial charge >= 0.3 is 0 Å². The number of hydrogen-bond donors (Lipinski definition) is 0. The summed E-state index contributed by atoms with van der Waals surface area (Å²) in [7, 11) is 0. The molecular weight excluding hydrogens is 289 g/mol. The van der Waals surface area contributed by atoms with Crippen molar-refractivity contribution in [3.8, 4) is 5.75 Å². The number of hydrogen-bond acceptors (Lipinski definition) is 2. The number of nitrogens with zero attached hydrogens (tertiary/aromatic N) is 1. The maximum atomic E-state index is 13.4. The lowest BCUT2D eigenvalue weighted by molar-refractivity contribution is 0.195. The summed E-state index contributed by atoms with van der Waals surface area (Å²) in [5.74, 6) is 0.757. The molecular formula is C20H14FNO. The molecule has 4 aliphatic rings. The highest BCUT2D eigenvalue weighted by Gasteiger charge is 2.43. The summed E-state index contributed by atoms with van der Waals surface area (Å²) in [4.78, 5) is 4.27. The number of alkyl halides is 1. The fraction of sp³-hybridized carbons (Fsp3) is 0.150. The lowest BCUT2D eigenvalue weighted by atomic mass is 9.77. The first-order valence-electron chi connectivity index (χ1n) is 7.74. The van der Waals surface area contributed by atoms with Crippen LogP contribution in [0.4, 0.5) is 4.39 Å². The molecule has 2 atom stereocenters. The molecule has 1 aromatic rings. The van der Waals surface area contributed by atoms with Gasteiger partial charge in [0.2, 0.25) is 0 Å². The van der Waals surface area contributed by atoms with Crippen LogP contribution >= 0.6 is 0 Å². The highest BCUT2D eigenvalue weighted by Crippen LogP contribution is 2.49. The molecule has 2 heterocycles. The number of rotatable bonds is 1. The van der Waals surface area contributed by atoms with Crippen LogP contribution in [-0.4, -0.2) is 18.5 Å². The Labute approximate surface area is 133 Å².